The Balaban J connectivity index is 1.99. The van der Waals surface area contributed by atoms with Crippen LogP contribution in [-0.4, -0.2) is 14.2 Å². The maximum Gasteiger partial charge on any atom is 0.128 e. The highest BCUT2D eigenvalue weighted by Crippen LogP contribution is 2.48. The van der Waals surface area contributed by atoms with E-state index in [4.69, 9.17) is 9.47 Å². The van der Waals surface area contributed by atoms with Crippen LogP contribution in [0.25, 0.3) is 11.1 Å². The van der Waals surface area contributed by atoms with Crippen LogP contribution in [0.1, 0.15) is 22.7 Å². The van der Waals surface area contributed by atoms with E-state index in [9.17, 15) is 5.26 Å². The summed E-state index contributed by atoms with van der Waals surface area (Å²) in [5.74, 6) is 1.51. The molecule has 0 bridgehead atoms. The van der Waals surface area contributed by atoms with Gasteiger partial charge in [-0.1, -0.05) is 30.3 Å². The first-order chi connectivity index (χ1) is 12.7. The van der Waals surface area contributed by atoms with Gasteiger partial charge in [0.25, 0.3) is 0 Å². The van der Waals surface area contributed by atoms with Crippen molar-refractivity contribution in [3.8, 4) is 28.7 Å². The lowest BCUT2D eigenvalue weighted by atomic mass is 9.85. The van der Waals surface area contributed by atoms with Crippen LogP contribution in [0, 0.1) is 11.3 Å². The molecule has 1 heterocycles. The maximum atomic E-state index is 9.27. The fourth-order valence-electron chi connectivity index (χ4n) is 3.52. The lowest BCUT2D eigenvalue weighted by molar-refractivity contribution is 0.390. The number of benzene rings is 3. The van der Waals surface area contributed by atoms with Gasteiger partial charge >= 0.3 is 0 Å². The summed E-state index contributed by atoms with van der Waals surface area (Å²) in [5, 5.41) is 12.9. The number of nitrogens with one attached hydrogen (secondary N) is 1. The third-order valence-electron chi connectivity index (χ3n) is 4.73. The van der Waals surface area contributed by atoms with E-state index in [1.54, 1.807) is 14.2 Å². The van der Waals surface area contributed by atoms with Crippen LogP contribution in [0.3, 0.4) is 0 Å². The van der Waals surface area contributed by atoms with E-state index < -0.39 is 0 Å². The van der Waals surface area contributed by atoms with Crippen LogP contribution >= 0.6 is 0 Å². The highest BCUT2D eigenvalue weighted by molar-refractivity contribution is 5.87. The molecule has 3 aromatic carbocycles. The summed E-state index contributed by atoms with van der Waals surface area (Å²) in [5.41, 5.74) is 5.92. The molecule has 128 valence electrons. The third kappa shape index (κ3) is 2.55. The fourth-order valence-corrected chi connectivity index (χ4v) is 3.52. The smallest absolute Gasteiger partial charge is 0.128 e. The molecule has 4 heteroatoms. The van der Waals surface area contributed by atoms with Gasteiger partial charge in [-0.3, -0.25) is 0 Å². The van der Waals surface area contributed by atoms with E-state index in [0.29, 0.717) is 5.56 Å². The van der Waals surface area contributed by atoms with Gasteiger partial charge in [-0.2, -0.15) is 5.26 Å². The highest BCUT2D eigenvalue weighted by atomic mass is 16.5. The number of hydrogen-bond donors (Lipinski definition) is 1. The molecule has 0 saturated carbocycles. The number of nitrogens with zero attached hydrogens (tertiary/aromatic N) is 1. The first-order valence-corrected chi connectivity index (χ1v) is 8.37. The van der Waals surface area contributed by atoms with E-state index >= 15 is 0 Å². The molecule has 3 aromatic rings. The Hall–Kier alpha value is -3.45. The van der Waals surface area contributed by atoms with Crippen molar-refractivity contribution in [2.24, 2.45) is 0 Å². The maximum absolute atomic E-state index is 9.27. The summed E-state index contributed by atoms with van der Waals surface area (Å²) in [6.45, 7) is 0. The molecule has 0 amide bonds. The van der Waals surface area contributed by atoms with Crippen molar-refractivity contribution in [3.05, 3.63) is 77.4 Å². The molecule has 1 N–H and O–H groups in total. The van der Waals surface area contributed by atoms with Gasteiger partial charge in [0, 0.05) is 22.9 Å². The number of hydrogen-bond acceptors (Lipinski definition) is 4. The molecule has 0 saturated heterocycles. The SMILES string of the molecule is COc1cc(OC)c2c(c1)-c1ccccc1N[C@H]2c1cccc(C#N)c1. The largest absolute Gasteiger partial charge is 0.497 e. The van der Waals surface area contributed by atoms with Gasteiger partial charge in [-0.15, -0.1) is 0 Å². The highest BCUT2D eigenvalue weighted by Gasteiger charge is 2.29. The Morgan fingerprint density at radius 1 is 0.923 bits per heavy atom. The lowest BCUT2D eigenvalue weighted by Crippen LogP contribution is -2.19. The van der Waals surface area contributed by atoms with Gasteiger partial charge in [-0.25, -0.2) is 0 Å². The zero-order valence-corrected chi connectivity index (χ0v) is 14.6. The molecule has 0 unspecified atom stereocenters. The average molecular weight is 342 g/mol. The fraction of sp³-hybridized carbons (Fsp3) is 0.136. The van der Waals surface area contributed by atoms with Crippen molar-refractivity contribution in [3.63, 3.8) is 0 Å². The standard InChI is InChI=1S/C22H18N2O2/c1-25-16-11-18-17-8-3-4-9-19(17)24-22(21(18)20(12-16)26-2)15-7-5-6-14(10-15)13-23/h3-12,22,24H,1-2H3/t22-/m0/s1. The molecule has 4 nitrogen and oxygen atoms in total. The van der Waals surface area contributed by atoms with Crippen LogP contribution in [0.2, 0.25) is 0 Å². The predicted molar refractivity (Wildman–Crippen MR) is 102 cm³/mol. The van der Waals surface area contributed by atoms with Crippen molar-refractivity contribution >= 4 is 5.69 Å². The number of rotatable bonds is 3. The molecule has 0 aliphatic carbocycles. The van der Waals surface area contributed by atoms with Gasteiger partial charge in [0.2, 0.25) is 0 Å². The lowest BCUT2D eigenvalue weighted by Gasteiger charge is -2.32. The number of para-hydroxylation sites is 1. The minimum absolute atomic E-state index is 0.117. The van der Waals surface area contributed by atoms with Gasteiger partial charge in [0.15, 0.2) is 0 Å². The monoisotopic (exact) mass is 342 g/mol. The van der Waals surface area contributed by atoms with Crippen LogP contribution in [0.15, 0.2) is 60.7 Å². The minimum Gasteiger partial charge on any atom is -0.497 e. The summed E-state index contributed by atoms with van der Waals surface area (Å²) in [6.07, 6.45) is 0. The Morgan fingerprint density at radius 3 is 2.54 bits per heavy atom. The zero-order chi connectivity index (χ0) is 18.1. The molecular weight excluding hydrogens is 324 g/mol. The third-order valence-corrected chi connectivity index (χ3v) is 4.73. The minimum atomic E-state index is -0.117. The van der Waals surface area contributed by atoms with Crippen LogP contribution in [-0.2, 0) is 0 Å². The van der Waals surface area contributed by atoms with Crippen LogP contribution < -0.4 is 14.8 Å². The van der Waals surface area contributed by atoms with E-state index in [-0.39, 0.29) is 6.04 Å². The number of fused-ring (bicyclic) bond motifs is 3. The molecule has 1 aliphatic heterocycles. The topological polar surface area (TPSA) is 54.3 Å². The molecule has 0 spiro atoms. The Kier molecular flexibility index (Phi) is 3.98. The second-order valence-corrected chi connectivity index (χ2v) is 6.15. The van der Waals surface area contributed by atoms with E-state index in [1.807, 2.05) is 48.5 Å². The first kappa shape index (κ1) is 16.0. The molecule has 1 aliphatic rings. The number of anilines is 1. The Labute approximate surface area is 152 Å². The van der Waals surface area contributed by atoms with Crippen LogP contribution in [0.5, 0.6) is 11.5 Å². The summed E-state index contributed by atoms with van der Waals surface area (Å²) in [7, 11) is 3.32. The number of methoxy groups -OCH3 is 2. The molecule has 0 radical (unpaired) electrons. The Bertz CT molecular complexity index is 1020. The molecule has 0 fully saturated rings. The van der Waals surface area contributed by atoms with Crippen molar-refractivity contribution in [2.75, 3.05) is 19.5 Å². The normalized spacial score (nSPS) is 14.4. The molecule has 0 aromatic heterocycles. The van der Waals surface area contributed by atoms with E-state index in [1.165, 1.54) is 0 Å². The summed E-state index contributed by atoms with van der Waals surface area (Å²) >= 11 is 0. The van der Waals surface area contributed by atoms with Gasteiger partial charge in [-0.05, 0) is 35.4 Å². The van der Waals surface area contributed by atoms with E-state index in [2.05, 4.69) is 23.5 Å². The molecule has 4 rings (SSSR count). The van der Waals surface area contributed by atoms with Gasteiger partial charge in [0.05, 0.1) is 31.9 Å². The van der Waals surface area contributed by atoms with Crippen molar-refractivity contribution in [1.29, 1.82) is 5.26 Å². The first-order valence-electron chi connectivity index (χ1n) is 8.37. The van der Waals surface area contributed by atoms with Crippen molar-refractivity contribution in [1.82, 2.24) is 0 Å². The van der Waals surface area contributed by atoms with E-state index in [0.717, 1.165) is 39.4 Å². The second kappa shape index (κ2) is 6.45. The number of nitriles is 1. The molecule has 26 heavy (non-hydrogen) atoms. The van der Waals surface area contributed by atoms with Gasteiger partial charge in [0.1, 0.15) is 11.5 Å². The van der Waals surface area contributed by atoms with Crippen LogP contribution in [0.4, 0.5) is 5.69 Å². The van der Waals surface area contributed by atoms with Crippen molar-refractivity contribution < 1.29 is 9.47 Å². The average Bonchev–Trinajstić information content (AvgIpc) is 2.72. The summed E-state index contributed by atoms with van der Waals surface area (Å²) < 4.78 is 11.2. The summed E-state index contributed by atoms with van der Waals surface area (Å²) in [4.78, 5) is 0. The quantitative estimate of drug-likeness (QED) is 0.746. The van der Waals surface area contributed by atoms with Gasteiger partial charge < -0.3 is 14.8 Å². The summed E-state index contributed by atoms with van der Waals surface area (Å²) in [6, 6.07) is 21.9. The predicted octanol–water partition coefficient (Wildman–Crippen LogP) is 4.76. The van der Waals surface area contributed by atoms with Crippen molar-refractivity contribution in [2.45, 2.75) is 6.04 Å². The molecule has 1 atom stereocenters. The molecular formula is C22H18N2O2. The second-order valence-electron chi connectivity index (χ2n) is 6.15. The Morgan fingerprint density at radius 2 is 1.77 bits per heavy atom. The number of ether oxygens (including phenoxy) is 2. The zero-order valence-electron chi connectivity index (χ0n) is 14.6.